The van der Waals surface area contributed by atoms with Gasteiger partial charge in [-0.25, -0.2) is 9.78 Å². The molecule has 6 heteroatoms. The molecular weight excluding hydrogens is 236 g/mol. The van der Waals surface area contributed by atoms with Gasteiger partial charge in [0.25, 0.3) is 0 Å². The van der Waals surface area contributed by atoms with Crippen molar-refractivity contribution in [2.75, 3.05) is 19.5 Å². The average Bonchev–Trinajstić information content (AvgIpc) is 2.30. The summed E-state index contributed by atoms with van der Waals surface area (Å²) in [6.45, 7) is 4.19. The van der Waals surface area contributed by atoms with Gasteiger partial charge in [0.2, 0.25) is 0 Å². The third-order valence-corrected chi connectivity index (χ3v) is 2.63. The Balaban J connectivity index is 2.70. The quantitative estimate of drug-likeness (QED) is 0.799. The molecule has 1 aromatic heterocycles. The van der Waals surface area contributed by atoms with Gasteiger partial charge in [0.05, 0.1) is 18.4 Å². The largest absolute Gasteiger partial charge is 0.491 e. The number of methoxy groups -OCH3 is 1. The molecule has 0 aliphatic rings. The topological polar surface area (TPSA) is 94.7 Å². The third-order valence-electron chi connectivity index (χ3n) is 2.63. The Bertz CT molecular complexity index is 432. The molecule has 0 saturated carbocycles. The molecule has 1 rings (SSSR count). The van der Waals surface area contributed by atoms with Gasteiger partial charge in [-0.05, 0) is 19.9 Å². The summed E-state index contributed by atoms with van der Waals surface area (Å²) in [4.78, 5) is 14.8. The van der Waals surface area contributed by atoms with Crippen LogP contribution in [0.4, 0.5) is 5.82 Å². The number of nitrogens with zero attached hydrogens (tertiary/aromatic N) is 1. The summed E-state index contributed by atoms with van der Waals surface area (Å²) in [5.74, 6) is -0.731. The van der Waals surface area contributed by atoms with Crippen LogP contribution in [0.5, 0.6) is 5.75 Å². The molecular formula is C12H18N2O4. The van der Waals surface area contributed by atoms with E-state index >= 15 is 0 Å². The highest BCUT2D eigenvalue weighted by atomic mass is 16.5. The SMILES string of the molecule is COC(C)(C)CCOc1cnc(N)cc1C(=O)O. The first-order valence-electron chi connectivity index (χ1n) is 5.52. The van der Waals surface area contributed by atoms with Crippen molar-refractivity contribution in [1.29, 1.82) is 0 Å². The lowest BCUT2D eigenvalue weighted by molar-refractivity contribution is 0.00535. The number of aromatic carboxylic acids is 1. The van der Waals surface area contributed by atoms with E-state index in [9.17, 15) is 4.79 Å². The number of nitrogen functional groups attached to an aromatic ring is 1. The van der Waals surface area contributed by atoms with E-state index in [1.807, 2.05) is 13.8 Å². The van der Waals surface area contributed by atoms with E-state index in [4.69, 9.17) is 20.3 Å². The molecule has 1 aromatic rings. The highest BCUT2D eigenvalue weighted by Crippen LogP contribution is 2.21. The molecule has 0 unspecified atom stereocenters. The molecule has 0 saturated heterocycles. The zero-order valence-corrected chi connectivity index (χ0v) is 10.8. The van der Waals surface area contributed by atoms with Crippen LogP contribution in [-0.2, 0) is 4.74 Å². The normalized spacial score (nSPS) is 11.3. The fourth-order valence-electron chi connectivity index (χ4n) is 1.25. The molecule has 0 aromatic carbocycles. The number of nitrogens with two attached hydrogens (primary N) is 1. The van der Waals surface area contributed by atoms with Crippen molar-refractivity contribution in [2.24, 2.45) is 0 Å². The number of carboxylic acid groups (broad SMARTS) is 1. The first-order chi connectivity index (χ1) is 8.35. The molecule has 0 atom stereocenters. The number of carbonyl (C=O) groups is 1. The summed E-state index contributed by atoms with van der Waals surface area (Å²) in [5.41, 5.74) is 5.13. The highest BCUT2D eigenvalue weighted by Gasteiger charge is 2.18. The van der Waals surface area contributed by atoms with Crippen molar-refractivity contribution in [3.05, 3.63) is 17.8 Å². The minimum Gasteiger partial charge on any atom is -0.491 e. The monoisotopic (exact) mass is 254 g/mol. The second-order valence-electron chi connectivity index (χ2n) is 4.47. The van der Waals surface area contributed by atoms with Crippen LogP contribution in [0.2, 0.25) is 0 Å². The van der Waals surface area contributed by atoms with Crippen LogP contribution < -0.4 is 10.5 Å². The van der Waals surface area contributed by atoms with Crippen molar-refractivity contribution in [3.8, 4) is 5.75 Å². The molecule has 0 amide bonds. The molecule has 0 fully saturated rings. The summed E-state index contributed by atoms with van der Waals surface area (Å²) < 4.78 is 10.7. The lowest BCUT2D eigenvalue weighted by Gasteiger charge is -2.22. The number of hydrogen-bond donors (Lipinski definition) is 2. The number of anilines is 1. The number of aromatic nitrogens is 1. The molecule has 0 aliphatic heterocycles. The van der Waals surface area contributed by atoms with Crippen LogP contribution in [0.1, 0.15) is 30.6 Å². The Morgan fingerprint density at radius 1 is 1.56 bits per heavy atom. The van der Waals surface area contributed by atoms with E-state index in [1.54, 1.807) is 7.11 Å². The van der Waals surface area contributed by atoms with Gasteiger partial charge < -0.3 is 20.3 Å². The van der Waals surface area contributed by atoms with E-state index in [-0.39, 0.29) is 22.7 Å². The molecule has 0 spiro atoms. The summed E-state index contributed by atoms with van der Waals surface area (Å²) in [5, 5.41) is 9.01. The van der Waals surface area contributed by atoms with Gasteiger partial charge in [0, 0.05) is 13.5 Å². The van der Waals surface area contributed by atoms with E-state index in [0.717, 1.165) is 0 Å². The van der Waals surface area contributed by atoms with Gasteiger partial charge in [-0.2, -0.15) is 0 Å². The average molecular weight is 254 g/mol. The van der Waals surface area contributed by atoms with Crippen LogP contribution >= 0.6 is 0 Å². The Kier molecular flexibility index (Phi) is 4.49. The van der Waals surface area contributed by atoms with E-state index < -0.39 is 5.97 Å². The molecule has 0 radical (unpaired) electrons. The van der Waals surface area contributed by atoms with Gasteiger partial charge in [0.1, 0.15) is 11.4 Å². The van der Waals surface area contributed by atoms with Crippen LogP contribution in [0.25, 0.3) is 0 Å². The Labute approximate surface area is 106 Å². The molecule has 6 nitrogen and oxygen atoms in total. The van der Waals surface area contributed by atoms with Crippen molar-refractivity contribution >= 4 is 11.8 Å². The molecule has 3 N–H and O–H groups in total. The fourth-order valence-corrected chi connectivity index (χ4v) is 1.25. The number of carboxylic acids is 1. The highest BCUT2D eigenvalue weighted by molar-refractivity contribution is 5.91. The summed E-state index contributed by atoms with van der Waals surface area (Å²) in [6, 6.07) is 1.28. The Hall–Kier alpha value is -1.82. The Morgan fingerprint density at radius 2 is 2.22 bits per heavy atom. The van der Waals surface area contributed by atoms with Gasteiger partial charge >= 0.3 is 5.97 Å². The minimum atomic E-state index is -1.09. The van der Waals surface area contributed by atoms with Crippen LogP contribution in [0.3, 0.4) is 0 Å². The lowest BCUT2D eigenvalue weighted by Crippen LogP contribution is -2.25. The van der Waals surface area contributed by atoms with E-state index in [2.05, 4.69) is 4.98 Å². The number of ether oxygens (including phenoxy) is 2. The van der Waals surface area contributed by atoms with Crippen molar-refractivity contribution in [2.45, 2.75) is 25.9 Å². The van der Waals surface area contributed by atoms with Crippen LogP contribution in [-0.4, -0.2) is 35.4 Å². The molecule has 1 heterocycles. The molecule has 18 heavy (non-hydrogen) atoms. The van der Waals surface area contributed by atoms with Crippen molar-refractivity contribution in [1.82, 2.24) is 4.98 Å². The summed E-state index contributed by atoms with van der Waals surface area (Å²) in [6.07, 6.45) is 1.95. The van der Waals surface area contributed by atoms with Crippen molar-refractivity contribution < 1.29 is 19.4 Å². The first kappa shape index (κ1) is 14.2. The first-order valence-corrected chi connectivity index (χ1v) is 5.52. The maximum absolute atomic E-state index is 11.0. The zero-order valence-electron chi connectivity index (χ0n) is 10.8. The van der Waals surface area contributed by atoms with Gasteiger partial charge in [-0.3, -0.25) is 0 Å². The fraction of sp³-hybridized carbons (Fsp3) is 0.500. The summed E-state index contributed by atoms with van der Waals surface area (Å²) in [7, 11) is 1.62. The maximum Gasteiger partial charge on any atom is 0.339 e. The second kappa shape index (κ2) is 5.68. The van der Waals surface area contributed by atoms with Crippen molar-refractivity contribution in [3.63, 3.8) is 0 Å². The zero-order chi connectivity index (χ0) is 13.8. The van der Waals surface area contributed by atoms with Crippen LogP contribution in [0, 0.1) is 0 Å². The number of pyridine rings is 1. The van der Waals surface area contributed by atoms with Crippen LogP contribution in [0.15, 0.2) is 12.3 Å². The minimum absolute atomic E-state index is 0.0118. The third kappa shape index (κ3) is 3.89. The standard InChI is InChI=1S/C12H18N2O4/c1-12(2,17-3)4-5-18-9-7-14-10(13)6-8(9)11(15)16/h6-7H,4-5H2,1-3H3,(H2,13,14)(H,15,16). The maximum atomic E-state index is 11.0. The molecule has 0 bridgehead atoms. The smallest absolute Gasteiger partial charge is 0.339 e. The molecule has 100 valence electrons. The van der Waals surface area contributed by atoms with Gasteiger partial charge in [-0.15, -0.1) is 0 Å². The van der Waals surface area contributed by atoms with Gasteiger partial charge in [-0.1, -0.05) is 0 Å². The number of hydrogen-bond acceptors (Lipinski definition) is 5. The predicted molar refractivity (Wildman–Crippen MR) is 66.8 cm³/mol. The lowest BCUT2D eigenvalue weighted by atomic mass is 10.1. The molecule has 0 aliphatic carbocycles. The van der Waals surface area contributed by atoms with E-state index in [0.29, 0.717) is 13.0 Å². The summed E-state index contributed by atoms with van der Waals surface area (Å²) >= 11 is 0. The number of rotatable bonds is 6. The second-order valence-corrected chi connectivity index (χ2v) is 4.47. The Morgan fingerprint density at radius 3 is 2.78 bits per heavy atom. The predicted octanol–water partition coefficient (Wildman–Crippen LogP) is 1.56. The van der Waals surface area contributed by atoms with E-state index in [1.165, 1.54) is 12.3 Å². The van der Waals surface area contributed by atoms with Gasteiger partial charge in [0.15, 0.2) is 5.75 Å².